The number of aromatic nitrogens is 2. The molecule has 0 aliphatic carbocycles. The highest BCUT2D eigenvalue weighted by molar-refractivity contribution is 5.76. The van der Waals surface area contributed by atoms with Crippen LogP contribution in [-0.4, -0.2) is 21.0 Å². The molecule has 1 aromatic carbocycles. The van der Waals surface area contributed by atoms with Crippen LogP contribution in [0.3, 0.4) is 0 Å². The average Bonchev–Trinajstić information content (AvgIpc) is 3.01. The summed E-state index contributed by atoms with van der Waals surface area (Å²) in [5.41, 5.74) is 0.602. The lowest BCUT2D eigenvalue weighted by Crippen LogP contribution is -2.32. The zero-order chi connectivity index (χ0) is 18.6. The summed E-state index contributed by atoms with van der Waals surface area (Å²) >= 11 is 0. The number of carbonyl (C=O) groups is 1. The number of hydrogen-bond acceptors (Lipinski definition) is 6. The number of nitro benzene ring substituents is 1. The smallest absolute Gasteiger partial charge is 0.269 e. The monoisotopic (exact) mass is 346 g/mol. The fraction of sp³-hybridized carbons (Fsp3) is 0.471. The minimum Gasteiger partial charge on any atom is -0.344 e. The summed E-state index contributed by atoms with van der Waals surface area (Å²) in [6.07, 6.45) is 0.423. The Morgan fingerprint density at radius 2 is 1.88 bits per heavy atom. The van der Waals surface area contributed by atoms with Crippen LogP contribution in [0.15, 0.2) is 28.8 Å². The third-order valence-corrected chi connectivity index (χ3v) is 3.62. The van der Waals surface area contributed by atoms with Gasteiger partial charge in [-0.05, 0) is 24.0 Å². The van der Waals surface area contributed by atoms with Crippen LogP contribution < -0.4 is 5.32 Å². The van der Waals surface area contributed by atoms with E-state index < -0.39 is 4.92 Å². The van der Waals surface area contributed by atoms with Gasteiger partial charge in [-0.15, -0.1) is 0 Å². The van der Waals surface area contributed by atoms with Gasteiger partial charge in [-0.1, -0.05) is 32.9 Å². The van der Waals surface area contributed by atoms with E-state index in [1.54, 1.807) is 12.1 Å². The highest BCUT2D eigenvalue weighted by atomic mass is 16.6. The number of nitrogens with one attached hydrogen (secondary N) is 1. The third kappa shape index (κ3) is 4.85. The van der Waals surface area contributed by atoms with Crippen molar-refractivity contribution in [1.29, 1.82) is 0 Å². The molecule has 0 saturated carbocycles. The molecular weight excluding hydrogens is 324 g/mol. The number of nitrogens with zero attached hydrogens (tertiary/aromatic N) is 3. The second-order valence-corrected chi connectivity index (χ2v) is 6.65. The molecule has 8 nitrogen and oxygen atoms in total. The number of carbonyl (C=O) groups excluding carboxylic acids is 1. The Hall–Kier alpha value is -2.77. The number of rotatable bonds is 7. The maximum absolute atomic E-state index is 12.1. The van der Waals surface area contributed by atoms with Crippen molar-refractivity contribution in [3.63, 3.8) is 0 Å². The van der Waals surface area contributed by atoms with Crippen LogP contribution in [0.25, 0.3) is 11.4 Å². The molecule has 25 heavy (non-hydrogen) atoms. The highest BCUT2D eigenvalue weighted by Crippen LogP contribution is 2.25. The summed E-state index contributed by atoms with van der Waals surface area (Å²) < 4.78 is 5.32. The second-order valence-electron chi connectivity index (χ2n) is 6.65. The summed E-state index contributed by atoms with van der Waals surface area (Å²) in [5.74, 6) is 0.908. The van der Waals surface area contributed by atoms with Crippen molar-refractivity contribution in [2.45, 2.75) is 40.2 Å². The number of non-ortho nitro benzene ring substituents is 1. The van der Waals surface area contributed by atoms with Crippen LogP contribution in [0, 0.1) is 22.0 Å². The van der Waals surface area contributed by atoms with Crippen molar-refractivity contribution < 1.29 is 14.2 Å². The molecule has 1 aromatic heterocycles. The molecule has 0 saturated heterocycles. The minimum atomic E-state index is -0.468. The molecule has 1 atom stereocenters. The molecule has 1 amide bonds. The molecule has 1 N–H and O–H groups in total. The van der Waals surface area contributed by atoms with E-state index in [0.29, 0.717) is 23.7 Å². The van der Waals surface area contributed by atoms with Crippen molar-refractivity contribution in [2.75, 3.05) is 0 Å². The van der Waals surface area contributed by atoms with Crippen molar-refractivity contribution in [1.82, 2.24) is 15.5 Å². The average molecular weight is 346 g/mol. The Morgan fingerprint density at radius 1 is 1.24 bits per heavy atom. The third-order valence-electron chi connectivity index (χ3n) is 3.62. The van der Waals surface area contributed by atoms with Gasteiger partial charge in [-0.25, -0.2) is 0 Å². The number of hydrogen-bond donors (Lipinski definition) is 1. The molecular formula is C17H22N4O4. The van der Waals surface area contributed by atoms with Gasteiger partial charge >= 0.3 is 0 Å². The first-order chi connectivity index (χ1) is 11.8. The van der Waals surface area contributed by atoms with Crippen LogP contribution in [0.4, 0.5) is 5.69 Å². The van der Waals surface area contributed by atoms with Crippen LogP contribution in [0.2, 0.25) is 0 Å². The van der Waals surface area contributed by atoms with Gasteiger partial charge < -0.3 is 9.84 Å². The molecule has 0 unspecified atom stereocenters. The fourth-order valence-electron chi connectivity index (χ4n) is 2.33. The maximum Gasteiger partial charge on any atom is 0.269 e. The van der Waals surface area contributed by atoms with Crippen LogP contribution in [0.5, 0.6) is 0 Å². The summed E-state index contributed by atoms with van der Waals surface area (Å²) in [5, 5.41) is 17.6. The molecule has 1 heterocycles. The standard InChI is InChI=1S/C17H22N4O4/c1-10(2)9-14(22)18-15(11(3)4)17-19-16(20-25-17)12-5-7-13(8-6-12)21(23)24/h5-8,10-11,15H,9H2,1-4H3,(H,18,22)/t15-/m0/s1. The largest absolute Gasteiger partial charge is 0.344 e. The summed E-state index contributed by atoms with van der Waals surface area (Å²) in [6, 6.07) is 5.51. The van der Waals surface area contributed by atoms with Crippen LogP contribution in [0.1, 0.15) is 46.0 Å². The van der Waals surface area contributed by atoms with Gasteiger partial charge in [0.1, 0.15) is 6.04 Å². The van der Waals surface area contributed by atoms with Crippen LogP contribution in [-0.2, 0) is 4.79 Å². The summed E-state index contributed by atoms with van der Waals surface area (Å²) in [6.45, 7) is 7.86. The molecule has 2 aromatic rings. The van der Waals surface area contributed by atoms with E-state index in [-0.39, 0.29) is 29.5 Å². The zero-order valence-electron chi connectivity index (χ0n) is 14.7. The Morgan fingerprint density at radius 3 is 2.40 bits per heavy atom. The first-order valence-electron chi connectivity index (χ1n) is 8.15. The number of nitro groups is 1. The van der Waals surface area contributed by atoms with E-state index >= 15 is 0 Å². The zero-order valence-corrected chi connectivity index (χ0v) is 14.7. The van der Waals surface area contributed by atoms with Gasteiger partial charge in [0.2, 0.25) is 17.6 Å². The van der Waals surface area contributed by atoms with Crippen molar-refractivity contribution in [3.8, 4) is 11.4 Å². The number of benzene rings is 1. The normalized spacial score (nSPS) is 12.4. The molecule has 134 valence electrons. The van der Waals surface area contributed by atoms with Gasteiger partial charge in [0, 0.05) is 24.1 Å². The van der Waals surface area contributed by atoms with E-state index in [1.807, 2.05) is 27.7 Å². The van der Waals surface area contributed by atoms with E-state index in [4.69, 9.17) is 4.52 Å². The Labute approximate surface area is 145 Å². The Bertz CT molecular complexity index is 737. The minimum absolute atomic E-state index is 0.00604. The van der Waals surface area contributed by atoms with E-state index in [2.05, 4.69) is 15.5 Å². The molecule has 0 bridgehead atoms. The molecule has 0 aliphatic rings. The SMILES string of the molecule is CC(C)CC(=O)N[C@H](c1nc(-c2ccc([N+](=O)[O-])cc2)no1)C(C)C. The molecule has 8 heteroatoms. The lowest BCUT2D eigenvalue weighted by Gasteiger charge is -2.19. The van der Waals surface area contributed by atoms with Crippen molar-refractivity contribution in [2.24, 2.45) is 11.8 Å². The molecule has 2 rings (SSSR count). The lowest BCUT2D eigenvalue weighted by atomic mass is 10.0. The second kappa shape index (κ2) is 7.87. The topological polar surface area (TPSA) is 111 Å². The van der Waals surface area contributed by atoms with Gasteiger partial charge in [-0.3, -0.25) is 14.9 Å². The molecule has 0 spiro atoms. The highest BCUT2D eigenvalue weighted by Gasteiger charge is 2.25. The predicted octanol–water partition coefficient (Wildman–Crippen LogP) is 3.50. The van der Waals surface area contributed by atoms with Gasteiger partial charge in [0.05, 0.1) is 4.92 Å². The quantitative estimate of drug-likeness (QED) is 0.606. The first kappa shape index (κ1) is 18.6. The fourth-order valence-corrected chi connectivity index (χ4v) is 2.33. The van der Waals surface area contributed by atoms with E-state index in [9.17, 15) is 14.9 Å². The number of amides is 1. The van der Waals surface area contributed by atoms with E-state index in [0.717, 1.165) is 0 Å². The van der Waals surface area contributed by atoms with E-state index in [1.165, 1.54) is 12.1 Å². The lowest BCUT2D eigenvalue weighted by molar-refractivity contribution is -0.384. The van der Waals surface area contributed by atoms with Crippen LogP contribution >= 0.6 is 0 Å². The van der Waals surface area contributed by atoms with Crippen molar-refractivity contribution in [3.05, 3.63) is 40.3 Å². The van der Waals surface area contributed by atoms with Gasteiger partial charge in [-0.2, -0.15) is 4.98 Å². The Balaban J connectivity index is 2.19. The summed E-state index contributed by atoms with van der Waals surface area (Å²) in [4.78, 5) is 26.6. The van der Waals surface area contributed by atoms with Gasteiger partial charge in [0.25, 0.3) is 5.69 Å². The molecule has 0 radical (unpaired) electrons. The van der Waals surface area contributed by atoms with Gasteiger partial charge in [0.15, 0.2) is 0 Å². The maximum atomic E-state index is 12.1. The Kier molecular flexibility index (Phi) is 5.84. The summed E-state index contributed by atoms with van der Waals surface area (Å²) in [7, 11) is 0. The first-order valence-corrected chi connectivity index (χ1v) is 8.15. The molecule has 0 aliphatic heterocycles. The molecule has 0 fully saturated rings. The predicted molar refractivity (Wildman–Crippen MR) is 91.6 cm³/mol. The van der Waals surface area contributed by atoms with Crippen molar-refractivity contribution >= 4 is 11.6 Å².